The Morgan fingerprint density at radius 1 is 1.42 bits per heavy atom. The highest BCUT2D eigenvalue weighted by atomic mass is 15.2. The zero-order chi connectivity index (χ0) is 8.60. The monoisotopic (exact) mass is 164 g/mol. The molecule has 4 nitrogen and oxygen atoms in total. The lowest BCUT2D eigenvalue weighted by atomic mass is 10.2. The molecular formula is C8H12N4. The van der Waals surface area contributed by atoms with Crippen LogP contribution >= 0.6 is 0 Å². The van der Waals surface area contributed by atoms with Crippen LogP contribution in [0.4, 0.5) is 0 Å². The van der Waals surface area contributed by atoms with Crippen LogP contribution in [-0.4, -0.2) is 15.6 Å². The second-order valence-corrected chi connectivity index (χ2v) is 3.42. The average Bonchev–Trinajstić information content (AvgIpc) is 2.55. The third-order valence-electron chi connectivity index (χ3n) is 1.81. The molecule has 2 heterocycles. The summed E-state index contributed by atoms with van der Waals surface area (Å²) in [4.78, 5) is 6.99. The highest BCUT2D eigenvalue weighted by Gasteiger charge is 2.23. The van der Waals surface area contributed by atoms with E-state index in [0.29, 0.717) is 0 Å². The summed E-state index contributed by atoms with van der Waals surface area (Å²) in [6.45, 7) is 4.15. The van der Waals surface area contributed by atoms with Crippen LogP contribution in [0.1, 0.15) is 19.5 Å². The summed E-state index contributed by atoms with van der Waals surface area (Å²) in [6, 6.07) is 0. The largest absolute Gasteiger partial charge is 0.368 e. The SMILES string of the molecule is CC1(C)NC=C(c2cnc[nH]2)N1. The molecule has 0 saturated heterocycles. The molecular weight excluding hydrogens is 152 g/mol. The fourth-order valence-corrected chi connectivity index (χ4v) is 1.21. The molecule has 1 aliphatic heterocycles. The van der Waals surface area contributed by atoms with Gasteiger partial charge in [-0.3, -0.25) is 0 Å². The van der Waals surface area contributed by atoms with E-state index in [1.54, 1.807) is 12.5 Å². The van der Waals surface area contributed by atoms with Gasteiger partial charge in [-0.05, 0) is 13.8 Å². The van der Waals surface area contributed by atoms with Crippen LogP contribution in [-0.2, 0) is 0 Å². The Balaban J connectivity index is 2.20. The molecule has 64 valence electrons. The minimum atomic E-state index is -0.0551. The van der Waals surface area contributed by atoms with Crippen LogP contribution in [0.5, 0.6) is 0 Å². The maximum atomic E-state index is 3.95. The average molecular weight is 164 g/mol. The van der Waals surface area contributed by atoms with E-state index in [2.05, 4.69) is 34.4 Å². The van der Waals surface area contributed by atoms with Gasteiger partial charge in [0.05, 0.1) is 23.9 Å². The first-order valence-electron chi connectivity index (χ1n) is 3.92. The Morgan fingerprint density at radius 3 is 2.75 bits per heavy atom. The molecule has 0 aliphatic carbocycles. The Kier molecular flexibility index (Phi) is 1.36. The van der Waals surface area contributed by atoms with Crippen LogP contribution in [0.2, 0.25) is 0 Å². The summed E-state index contributed by atoms with van der Waals surface area (Å²) in [5.74, 6) is 0. The van der Waals surface area contributed by atoms with Crippen LogP contribution < -0.4 is 10.6 Å². The molecule has 0 spiro atoms. The number of nitrogens with one attached hydrogen (secondary N) is 3. The van der Waals surface area contributed by atoms with Crippen molar-refractivity contribution in [2.24, 2.45) is 0 Å². The standard InChI is InChI=1S/C8H12N4/c1-8(2)11-4-7(12-8)6-3-9-5-10-6/h3-5,11-12H,1-2H3,(H,9,10). The summed E-state index contributed by atoms with van der Waals surface area (Å²) >= 11 is 0. The van der Waals surface area contributed by atoms with Crippen LogP contribution in [0, 0.1) is 0 Å². The van der Waals surface area contributed by atoms with E-state index in [-0.39, 0.29) is 5.66 Å². The van der Waals surface area contributed by atoms with Crippen molar-refractivity contribution in [3.63, 3.8) is 0 Å². The number of hydrogen-bond acceptors (Lipinski definition) is 3. The van der Waals surface area contributed by atoms with Gasteiger partial charge in [0, 0.05) is 6.20 Å². The van der Waals surface area contributed by atoms with Gasteiger partial charge in [-0.2, -0.15) is 0 Å². The topological polar surface area (TPSA) is 52.7 Å². The normalized spacial score (nSPS) is 19.7. The molecule has 2 rings (SSSR count). The highest BCUT2D eigenvalue weighted by molar-refractivity contribution is 5.62. The predicted molar refractivity (Wildman–Crippen MR) is 46.9 cm³/mol. The second-order valence-electron chi connectivity index (χ2n) is 3.42. The first-order valence-corrected chi connectivity index (χ1v) is 3.92. The first-order chi connectivity index (χ1) is 5.67. The lowest BCUT2D eigenvalue weighted by Crippen LogP contribution is -2.42. The zero-order valence-corrected chi connectivity index (χ0v) is 7.18. The lowest BCUT2D eigenvalue weighted by Gasteiger charge is -2.20. The highest BCUT2D eigenvalue weighted by Crippen LogP contribution is 2.16. The molecule has 1 aromatic heterocycles. The molecule has 0 amide bonds. The van der Waals surface area contributed by atoms with Crippen molar-refractivity contribution < 1.29 is 0 Å². The van der Waals surface area contributed by atoms with E-state index in [1.807, 2.05) is 6.20 Å². The van der Waals surface area contributed by atoms with Gasteiger partial charge in [-0.1, -0.05) is 0 Å². The van der Waals surface area contributed by atoms with Gasteiger partial charge in [-0.15, -0.1) is 0 Å². The Morgan fingerprint density at radius 2 is 2.25 bits per heavy atom. The number of nitrogens with zero attached hydrogens (tertiary/aromatic N) is 1. The van der Waals surface area contributed by atoms with E-state index in [9.17, 15) is 0 Å². The number of aromatic amines is 1. The lowest BCUT2D eigenvalue weighted by molar-refractivity contribution is 0.429. The quantitative estimate of drug-likeness (QED) is 0.571. The van der Waals surface area contributed by atoms with E-state index in [1.165, 1.54) is 0 Å². The molecule has 3 N–H and O–H groups in total. The molecule has 12 heavy (non-hydrogen) atoms. The van der Waals surface area contributed by atoms with Crippen molar-refractivity contribution in [2.45, 2.75) is 19.5 Å². The van der Waals surface area contributed by atoms with Crippen molar-refractivity contribution in [2.75, 3.05) is 0 Å². The minimum Gasteiger partial charge on any atom is -0.368 e. The Hall–Kier alpha value is -1.45. The summed E-state index contributed by atoms with van der Waals surface area (Å²) in [5, 5.41) is 6.52. The third-order valence-corrected chi connectivity index (χ3v) is 1.81. The summed E-state index contributed by atoms with van der Waals surface area (Å²) in [6.07, 6.45) is 5.42. The number of H-pyrrole nitrogens is 1. The van der Waals surface area contributed by atoms with Crippen molar-refractivity contribution in [3.8, 4) is 0 Å². The Labute approximate surface area is 71.1 Å². The number of hydrogen-bond donors (Lipinski definition) is 3. The van der Waals surface area contributed by atoms with E-state index < -0.39 is 0 Å². The fraction of sp³-hybridized carbons (Fsp3) is 0.375. The molecule has 0 bridgehead atoms. The molecule has 0 atom stereocenters. The van der Waals surface area contributed by atoms with Crippen molar-refractivity contribution in [1.82, 2.24) is 20.6 Å². The molecule has 0 radical (unpaired) electrons. The molecule has 0 aromatic carbocycles. The summed E-state index contributed by atoms with van der Waals surface area (Å²) < 4.78 is 0. The molecule has 4 heteroatoms. The zero-order valence-electron chi connectivity index (χ0n) is 7.18. The van der Waals surface area contributed by atoms with Gasteiger partial charge in [-0.25, -0.2) is 4.98 Å². The van der Waals surface area contributed by atoms with Crippen molar-refractivity contribution in [1.29, 1.82) is 0 Å². The summed E-state index contributed by atoms with van der Waals surface area (Å²) in [5.41, 5.74) is 2.01. The van der Waals surface area contributed by atoms with Crippen molar-refractivity contribution >= 4 is 5.70 Å². The maximum Gasteiger partial charge on any atom is 0.102 e. The molecule has 0 saturated carbocycles. The fourth-order valence-electron chi connectivity index (χ4n) is 1.21. The van der Waals surface area contributed by atoms with Gasteiger partial charge in [0.2, 0.25) is 0 Å². The molecule has 1 aromatic rings. The van der Waals surface area contributed by atoms with Gasteiger partial charge < -0.3 is 15.6 Å². The smallest absolute Gasteiger partial charge is 0.102 e. The van der Waals surface area contributed by atoms with Gasteiger partial charge >= 0.3 is 0 Å². The number of imidazole rings is 1. The summed E-state index contributed by atoms with van der Waals surface area (Å²) in [7, 11) is 0. The Bertz CT molecular complexity index is 297. The second kappa shape index (κ2) is 2.27. The van der Waals surface area contributed by atoms with Gasteiger partial charge in [0.15, 0.2) is 0 Å². The minimum absolute atomic E-state index is 0.0551. The molecule has 1 aliphatic rings. The van der Waals surface area contributed by atoms with E-state index in [0.717, 1.165) is 11.4 Å². The van der Waals surface area contributed by atoms with E-state index >= 15 is 0 Å². The van der Waals surface area contributed by atoms with Crippen LogP contribution in [0.25, 0.3) is 5.70 Å². The third kappa shape index (κ3) is 1.15. The molecule has 0 unspecified atom stereocenters. The maximum absolute atomic E-state index is 3.95. The predicted octanol–water partition coefficient (Wildman–Crippen LogP) is 0.637. The molecule has 0 fully saturated rings. The van der Waals surface area contributed by atoms with Crippen LogP contribution in [0.3, 0.4) is 0 Å². The van der Waals surface area contributed by atoms with E-state index in [4.69, 9.17) is 0 Å². The number of aromatic nitrogens is 2. The number of rotatable bonds is 1. The van der Waals surface area contributed by atoms with Gasteiger partial charge in [0.25, 0.3) is 0 Å². The van der Waals surface area contributed by atoms with Crippen LogP contribution in [0.15, 0.2) is 18.7 Å². The van der Waals surface area contributed by atoms with Crippen molar-refractivity contribution in [3.05, 3.63) is 24.4 Å². The first kappa shape index (κ1) is 7.21. The van der Waals surface area contributed by atoms with Gasteiger partial charge in [0.1, 0.15) is 5.66 Å².